The van der Waals surface area contributed by atoms with Gasteiger partial charge in [0.25, 0.3) is 0 Å². The summed E-state index contributed by atoms with van der Waals surface area (Å²) in [5.41, 5.74) is 1.13. The van der Waals surface area contributed by atoms with Gasteiger partial charge in [-0.1, -0.05) is 30.3 Å². The molecule has 1 N–H and O–H groups in total. The van der Waals surface area contributed by atoms with Crippen molar-refractivity contribution >= 4 is 18.4 Å². The van der Waals surface area contributed by atoms with Crippen LogP contribution in [0.1, 0.15) is 18.4 Å². The molecule has 0 fully saturated rings. The number of likely N-dealkylation sites (N-methyl/N-ethyl adjacent to an activating group) is 1. The second-order valence-electron chi connectivity index (χ2n) is 4.44. The van der Waals surface area contributed by atoms with Crippen LogP contribution < -0.4 is 5.32 Å². The van der Waals surface area contributed by atoms with Crippen molar-refractivity contribution in [1.29, 1.82) is 0 Å². The van der Waals surface area contributed by atoms with Crippen molar-refractivity contribution in [3.8, 4) is 0 Å². The van der Waals surface area contributed by atoms with Crippen molar-refractivity contribution < 1.29 is 22.7 Å². The van der Waals surface area contributed by atoms with Crippen LogP contribution in [0.2, 0.25) is 0 Å². The lowest BCUT2D eigenvalue weighted by atomic mass is 10.0. The minimum absolute atomic E-state index is 0. The van der Waals surface area contributed by atoms with Crippen LogP contribution >= 0.6 is 12.4 Å². The smallest absolute Gasteiger partial charge is 0.422 e. The number of alkyl halides is 3. The van der Waals surface area contributed by atoms with Crippen LogP contribution in [0.15, 0.2) is 30.3 Å². The number of nitrogens with one attached hydrogen (secondary N) is 1. The van der Waals surface area contributed by atoms with Gasteiger partial charge in [0.15, 0.2) is 6.61 Å². The quantitative estimate of drug-likeness (QED) is 0.783. The summed E-state index contributed by atoms with van der Waals surface area (Å²) < 4.78 is 40.1. The Morgan fingerprint density at radius 3 is 2.43 bits per heavy atom. The number of hydrogen-bond donors (Lipinski definition) is 1. The maximum Gasteiger partial charge on any atom is 0.422 e. The third-order valence-corrected chi connectivity index (χ3v) is 2.81. The van der Waals surface area contributed by atoms with Gasteiger partial charge in [0.05, 0.1) is 0 Å². The first-order chi connectivity index (χ1) is 9.42. The molecule has 0 heterocycles. The van der Waals surface area contributed by atoms with E-state index in [1.807, 2.05) is 30.3 Å². The van der Waals surface area contributed by atoms with Gasteiger partial charge in [-0.15, -0.1) is 12.4 Å². The number of rotatable bonds is 7. The second-order valence-corrected chi connectivity index (χ2v) is 4.44. The summed E-state index contributed by atoms with van der Waals surface area (Å²) in [7, 11) is 1.53. The van der Waals surface area contributed by atoms with E-state index in [-0.39, 0.29) is 12.4 Å². The monoisotopic (exact) mass is 325 g/mol. The highest BCUT2D eigenvalue weighted by Crippen LogP contribution is 2.15. The summed E-state index contributed by atoms with van der Waals surface area (Å²) in [4.78, 5) is 11.5. The molecular weight excluding hydrogens is 307 g/mol. The molecule has 0 aliphatic carbocycles. The van der Waals surface area contributed by atoms with Gasteiger partial charge in [0.2, 0.25) is 0 Å². The molecule has 1 aromatic rings. The van der Waals surface area contributed by atoms with Gasteiger partial charge in [-0.05, 0) is 31.9 Å². The lowest BCUT2D eigenvalue weighted by Crippen LogP contribution is -2.37. The first-order valence-corrected chi connectivity index (χ1v) is 6.37. The standard InChI is InChI=1S/C14H18F3NO2.ClH/c1-18-12(13(19)20-10-14(15,16)17)9-5-8-11-6-3-2-4-7-11;/h2-4,6-7,12,18H,5,8-10H2,1H3;1H/t12-;/m0./s1. The van der Waals surface area contributed by atoms with Crippen LogP contribution in [0, 0.1) is 0 Å². The Kier molecular flexibility index (Phi) is 9.05. The van der Waals surface area contributed by atoms with Crippen LogP contribution in [-0.4, -0.2) is 31.8 Å². The van der Waals surface area contributed by atoms with Crippen molar-refractivity contribution in [1.82, 2.24) is 5.32 Å². The summed E-state index contributed by atoms with van der Waals surface area (Å²) >= 11 is 0. The summed E-state index contributed by atoms with van der Waals surface area (Å²) in [6, 6.07) is 8.98. The predicted octanol–water partition coefficient (Wildman–Crippen LogP) is 3.12. The first kappa shape index (κ1) is 19.7. The highest BCUT2D eigenvalue weighted by molar-refractivity contribution is 5.85. The van der Waals surface area contributed by atoms with Gasteiger partial charge in [0.1, 0.15) is 6.04 Å². The van der Waals surface area contributed by atoms with E-state index in [1.165, 1.54) is 7.05 Å². The second kappa shape index (κ2) is 9.63. The number of hydrogen-bond acceptors (Lipinski definition) is 3. The summed E-state index contributed by atoms with van der Waals surface area (Å²) in [6.45, 7) is -1.54. The van der Waals surface area contributed by atoms with Crippen molar-refractivity contribution in [3.05, 3.63) is 35.9 Å². The Morgan fingerprint density at radius 1 is 1.29 bits per heavy atom. The predicted molar refractivity (Wildman–Crippen MR) is 76.5 cm³/mol. The van der Waals surface area contributed by atoms with Gasteiger partial charge >= 0.3 is 12.1 Å². The number of benzene rings is 1. The number of carbonyl (C=O) groups excluding carboxylic acids is 1. The SMILES string of the molecule is CN[C@@H](CCCc1ccccc1)C(=O)OCC(F)(F)F.Cl. The molecule has 0 aliphatic rings. The number of ether oxygens (including phenoxy) is 1. The molecule has 0 unspecified atom stereocenters. The van der Waals surface area contributed by atoms with Crippen LogP contribution in [0.25, 0.3) is 0 Å². The van der Waals surface area contributed by atoms with Crippen LogP contribution in [-0.2, 0) is 16.0 Å². The molecule has 0 spiro atoms. The Bertz CT molecular complexity index is 412. The highest BCUT2D eigenvalue weighted by Gasteiger charge is 2.31. The zero-order valence-electron chi connectivity index (χ0n) is 11.7. The number of aryl methyl sites for hydroxylation is 1. The minimum atomic E-state index is -4.49. The molecule has 7 heteroatoms. The molecule has 0 bridgehead atoms. The fourth-order valence-corrected chi connectivity index (χ4v) is 1.79. The topological polar surface area (TPSA) is 38.3 Å². The van der Waals surface area contributed by atoms with Crippen molar-refractivity contribution in [2.45, 2.75) is 31.5 Å². The molecular formula is C14H19ClF3NO2. The van der Waals surface area contributed by atoms with Gasteiger partial charge in [-0.3, -0.25) is 4.79 Å². The Labute approximate surface area is 128 Å². The molecule has 0 aliphatic heterocycles. The molecule has 0 saturated carbocycles. The van der Waals surface area contributed by atoms with Gasteiger partial charge in [-0.25, -0.2) is 0 Å². The molecule has 3 nitrogen and oxygen atoms in total. The summed E-state index contributed by atoms with van der Waals surface area (Å²) in [5.74, 6) is -0.863. The average molecular weight is 326 g/mol. The zero-order chi connectivity index (χ0) is 15.0. The third-order valence-electron chi connectivity index (χ3n) is 2.81. The molecule has 0 aromatic heterocycles. The maximum atomic E-state index is 12.0. The Balaban J connectivity index is 0.00000400. The van der Waals surface area contributed by atoms with Crippen LogP contribution in [0.4, 0.5) is 13.2 Å². The van der Waals surface area contributed by atoms with Crippen molar-refractivity contribution in [3.63, 3.8) is 0 Å². The van der Waals surface area contributed by atoms with E-state index in [4.69, 9.17) is 0 Å². The third kappa shape index (κ3) is 8.57. The Morgan fingerprint density at radius 2 is 1.90 bits per heavy atom. The fourth-order valence-electron chi connectivity index (χ4n) is 1.79. The number of esters is 1. The zero-order valence-corrected chi connectivity index (χ0v) is 12.5. The molecule has 1 atom stereocenters. The molecule has 120 valence electrons. The van der Waals surface area contributed by atoms with E-state index < -0.39 is 24.8 Å². The number of carbonyl (C=O) groups is 1. The van der Waals surface area contributed by atoms with E-state index in [1.54, 1.807) is 0 Å². The Hall–Kier alpha value is -1.27. The van der Waals surface area contributed by atoms with Gasteiger partial charge in [0, 0.05) is 0 Å². The largest absolute Gasteiger partial charge is 0.455 e. The van der Waals surface area contributed by atoms with E-state index >= 15 is 0 Å². The molecule has 21 heavy (non-hydrogen) atoms. The molecule has 1 rings (SSSR count). The van der Waals surface area contributed by atoms with E-state index in [0.29, 0.717) is 12.8 Å². The molecule has 0 saturated heterocycles. The normalized spacial score (nSPS) is 12.4. The van der Waals surface area contributed by atoms with E-state index in [0.717, 1.165) is 12.0 Å². The lowest BCUT2D eigenvalue weighted by Gasteiger charge is -2.16. The van der Waals surface area contributed by atoms with Gasteiger partial charge in [-0.2, -0.15) is 13.2 Å². The van der Waals surface area contributed by atoms with Crippen LogP contribution in [0.3, 0.4) is 0 Å². The lowest BCUT2D eigenvalue weighted by molar-refractivity contribution is -0.187. The number of halogens is 4. The average Bonchev–Trinajstić information content (AvgIpc) is 2.41. The van der Waals surface area contributed by atoms with Crippen molar-refractivity contribution in [2.24, 2.45) is 0 Å². The van der Waals surface area contributed by atoms with Gasteiger partial charge < -0.3 is 10.1 Å². The highest BCUT2D eigenvalue weighted by atomic mass is 35.5. The molecule has 0 radical (unpaired) electrons. The molecule has 0 amide bonds. The van der Waals surface area contributed by atoms with Crippen molar-refractivity contribution in [2.75, 3.05) is 13.7 Å². The molecule has 1 aromatic carbocycles. The first-order valence-electron chi connectivity index (χ1n) is 6.37. The van der Waals surface area contributed by atoms with E-state index in [2.05, 4.69) is 10.1 Å². The maximum absolute atomic E-state index is 12.0. The fraction of sp³-hybridized carbons (Fsp3) is 0.500. The van der Waals surface area contributed by atoms with E-state index in [9.17, 15) is 18.0 Å². The minimum Gasteiger partial charge on any atom is -0.455 e. The summed E-state index contributed by atoms with van der Waals surface area (Å²) in [5, 5.41) is 2.68. The van der Waals surface area contributed by atoms with Crippen LogP contribution in [0.5, 0.6) is 0 Å². The summed E-state index contributed by atoms with van der Waals surface area (Å²) in [6.07, 6.45) is -2.59.